The summed E-state index contributed by atoms with van der Waals surface area (Å²) in [5, 5.41) is 41.5. The molecule has 0 aliphatic rings. The van der Waals surface area contributed by atoms with Gasteiger partial charge in [-0.05, 0) is 136 Å². The fourth-order valence-electron chi connectivity index (χ4n) is 8.84. The summed E-state index contributed by atoms with van der Waals surface area (Å²) in [6.45, 7) is 16.9. The maximum atomic E-state index is 13.1. The van der Waals surface area contributed by atoms with Crippen LogP contribution < -0.4 is 10.2 Å². The average Bonchev–Trinajstić information content (AvgIpc) is 4.01. The van der Waals surface area contributed by atoms with Crippen molar-refractivity contribution in [3.05, 3.63) is 111 Å². The van der Waals surface area contributed by atoms with E-state index in [0.29, 0.717) is 58.5 Å². The number of aromatic nitrogens is 4. The second kappa shape index (κ2) is 19.8. The average molecular weight is 1120 g/mol. The molecular weight excluding hydrogens is 1070 g/mol. The van der Waals surface area contributed by atoms with Crippen LogP contribution >= 0.6 is 34.7 Å². The Labute approximate surface area is 437 Å². The van der Waals surface area contributed by atoms with Gasteiger partial charge in [0.1, 0.15) is 27.1 Å². The largest absolute Gasteiger partial charge is 0.353 e. The minimum absolute atomic E-state index is 0.0119. The van der Waals surface area contributed by atoms with Crippen LogP contribution in [0, 0.1) is 59.8 Å². The molecule has 0 bridgehead atoms. The Bertz CT molecular complexity index is 4060. The number of fused-ring (bicyclic) bond motifs is 2. The molecule has 21 nitrogen and oxygen atoms in total. The molecule has 0 atom stereocenters. The van der Waals surface area contributed by atoms with Gasteiger partial charge in [-0.1, -0.05) is 60.6 Å². The van der Waals surface area contributed by atoms with Crippen molar-refractivity contribution in [1.82, 2.24) is 19.7 Å². The van der Waals surface area contributed by atoms with Gasteiger partial charge in [0.25, 0.3) is 30.4 Å². The molecule has 8 aromatic rings. The minimum atomic E-state index is -4.83. The van der Waals surface area contributed by atoms with E-state index in [1.165, 1.54) is 55.0 Å². The van der Waals surface area contributed by atoms with Crippen molar-refractivity contribution in [2.75, 3.05) is 10.2 Å². The van der Waals surface area contributed by atoms with Crippen LogP contribution in [0.25, 0.3) is 25.6 Å². The number of benzene rings is 5. The van der Waals surface area contributed by atoms with Gasteiger partial charge >= 0.3 is 0 Å². The highest BCUT2D eigenvalue weighted by Gasteiger charge is 2.32. The number of hydrogen-bond donors (Lipinski definition) is 5. The van der Waals surface area contributed by atoms with E-state index in [9.17, 15) is 44.2 Å². The van der Waals surface area contributed by atoms with Gasteiger partial charge in [0, 0.05) is 16.0 Å². The molecule has 0 spiro atoms. The van der Waals surface area contributed by atoms with Gasteiger partial charge in [-0.25, -0.2) is 15.2 Å². The highest BCUT2D eigenvalue weighted by Crippen LogP contribution is 2.49. The van der Waals surface area contributed by atoms with Crippen LogP contribution in [0.4, 0.5) is 39.4 Å². The highest BCUT2D eigenvalue weighted by atomic mass is 32.2. The predicted octanol–water partition coefficient (Wildman–Crippen LogP) is 12.2. The molecule has 0 saturated carbocycles. The number of nitrogens with one attached hydrogen (secondary N) is 1. The third kappa shape index (κ3) is 10.4. The Balaban J connectivity index is 1.42. The molecular formula is C47H45N9O12S6. The van der Waals surface area contributed by atoms with E-state index in [2.05, 4.69) is 20.8 Å². The van der Waals surface area contributed by atoms with Crippen LogP contribution in [0.15, 0.2) is 90.5 Å². The molecule has 3 heterocycles. The fourth-order valence-corrected chi connectivity index (χ4v) is 13.8. The molecule has 0 saturated heterocycles. The number of anilines is 5. The topological polar surface area (TPSA) is 309 Å². The van der Waals surface area contributed by atoms with Crippen LogP contribution in [0.3, 0.4) is 0 Å². The molecule has 0 radical (unpaired) electrons. The summed E-state index contributed by atoms with van der Waals surface area (Å²) in [5.41, 5.74) is 4.17. The first-order chi connectivity index (χ1) is 34.5. The van der Waals surface area contributed by atoms with Crippen molar-refractivity contribution in [2.45, 2.75) is 94.2 Å². The van der Waals surface area contributed by atoms with Gasteiger partial charge in [0.05, 0.1) is 60.1 Å². The van der Waals surface area contributed by atoms with Crippen LogP contribution in [0.5, 0.6) is 0 Å². The van der Waals surface area contributed by atoms with Crippen molar-refractivity contribution in [2.24, 2.45) is 10.2 Å². The maximum absolute atomic E-state index is 13.1. The standard InChI is InChI=1S/C47H45N9O12S6/c1-22-15-25(4)41(73(61,62)63)27(6)38(22)49-35-18-29(55(40-24(3)16-26(5)42(28(40)7)74(64,65)66)45-50-34-14-12-31(72(58,59)60)20-37(34)69-45)17-23(2)39(35)52-53-44-32(21-48)43(47(8,9)10)54-56(44)46-51-33-13-11-30(71-68-67-57)19-36(33)70-46/h11-20,49,57H,1-10H3,(H,58,59,60)(H,61,62,63)(H,64,65,66). The van der Waals surface area contributed by atoms with Crippen molar-refractivity contribution in [3.8, 4) is 11.2 Å². The lowest BCUT2D eigenvalue weighted by atomic mass is 9.90. The third-order valence-electron chi connectivity index (χ3n) is 11.8. The fraction of sp³-hybridized carbons (Fsp3) is 0.234. The van der Waals surface area contributed by atoms with Gasteiger partial charge < -0.3 is 5.32 Å². The molecule has 5 N–H and O–H groups in total. The summed E-state index contributed by atoms with van der Waals surface area (Å²) in [6.07, 6.45) is 0. The van der Waals surface area contributed by atoms with E-state index in [0.717, 1.165) is 23.4 Å². The highest BCUT2D eigenvalue weighted by molar-refractivity contribution is 7.94. The summed E-state index contributed by atoms with van der Waals surface area (Å²) >= 11 is 3.00. The van der Waals surface area contributed by atoms with Gasteiger partial charge in [0.2, 0.25) is 5.13 Å². The number of rotatable bonds is 14. The molecule has 27 heteroatoms. The molecule has 0 fully saturated rings. The third-order valence-corrected chi connectivity index (χ3v) is 17.5. The van der Waals surface area contributed by atoms with Crippen molar-refractivity contribution in [3.63, 3.8) is 0 Å². The Hall–Kier alpha value is -6.26. The van der Waals surface area contributed by atoms with Crippen LogP contribution in [0.2, 0.25) is 0 Å². The van der Waals surface area contributed by atoms with Gasteiger partial charge in [-0.3, -0.25) is 18.6 Å². The van der Waals surface area contributed by atoms with E-state index in [4.69, 9.17) is 30.6 Å². The first-order valence-corrected chi connectivity index (χ1v) is 28.5. The summed E-state index contributed by atoms with van der Waals surface area (Å²) < 4.78 is 114. The molecule has 0 amide bonds. The number of nitriles is 1. The zero-order valence-electron chi connectivity index (χ0n) is 40.9. The Morgan fingerprint density at radius 3 is 1.99 bits per heavy atom. The van der Waals surface area contributed by atoms with E-state index in [1.54, 1.807) is 75.1 Å². The van der Waals surface area contributed by atoms with Crippen molar-refractivity contribution in [1.29, 1.82) is 5.26 Å². The van der Waals surface area contributed by atoms with E-state index in [1.807, 2.05) is 20.8 Å². The molecule has 5 aromatic carbocycles. The second-order valence-electron chi connectivity index (χ2n) is 18.2. The molecule has 74 heavy (non-hydrogen) atoms. The summed E-state index contributed by atoms with van der Waals surface area (Å²) in [4.78, 5) is 10.7. The minimum Gasteiger partial charge on any atom is -0.353 e. The second-order valence-corrected chi connectivity index (χ2v) is 25.1. The summed E-state index contributed by atoms with van der Waals surface area (Å²) in [7, 11) is -14.2. The lowest BCUT2D eigenvalue weighted by molar-refractivity contribution is -0.432. The Kier molecular flexibility index (Phi) is 14.4. The Morgan fingerprint density at radius 2 is 1.36 bits per heavy atom. The molecule has 0 unspecified atom stereocenters. The normalized spacial score (nSPS) is 12.6. The summed E-state index contributed by atoms with van der Waals surface area (Å²) in [6, 6.07) is 17.7. The molecule has 0 aliphatic heterocycles. The molecule has 386 valence electrons. The lowest BCUT2D eigenvalue weighted by Gasteiger charge is -2.29. The number of azo groups is 1. The zero-order valence-corrected chi connectivity index (χ0v) is 45.8. The SMILES string of the molecule is Cc1cc(N(c2nc3ccc(S(=O)(=O)O)cc3s2)c2c(C)cc(C)c(S(=O)(=O)O)c2C)cc(Nc2c(C)cc(C)c(S(=O)(=O)O)c2C)c1N=Nc1c(C#N)c(C(C)(C)C)nn1-c1nc2ccc(SOOO)cc2s1. The zero-order chi connectivity index (χ0) is 54.1. The lowest BCUT2D eigenvalue weighted by Crippen LogP contribution is -2.16. The van der Waals surface area contributed by atoms with Crippen molar-refractivity contribution < 1.29 is 53.5 Å². The van der Waals surface area contributed by atoms with Crippen LogP contribution in [-0.4, -0.2) is 63.9 Å². The number of aryl methyl sites for hydroxylation is 5. The van der Waals surface area contributed by atoms with Crippen molar-refractivity contribution >= 4 is 125 Å². The number of hydrogen-bond acceptors (Lipinski definition) is 20. The van der Waals surface area contributed by atoms with E-state index < -0.39 is 35.8 Å². The maximum Gasteiger partial charge on any atom is 0.295 e. The van der Waals surface area contributed by atoms with Gasteiger partial charge in [-0.15, -0.1) is 14.6 Å². The quantitative estimate of drug-likeness (QED) is 0.0222. The van der Waals surface area contributed by atoms with E-state index >= 15 is 0 Å². The predicted molar refractivity (Wildman–Crippen MR) is 282 cm³/mol. The van der Waals surface area contributed by atoms with Crippen LogP contribution in [0.1, 0.15) is 71.0 Å². The van der Waals surface area contributed by atoms with Crippen LogP contribution in [-0.2, 0) is 45.1 Å². The smallest absolute Gasteiger partial charge is 0.295 e. The molecule has 3 aromatic heterocycles. The monoisotopic (exact) mass is 1120 g/mol. The summed E-state index contributed by atoms with van der Waals surface area (Å²) in [5.74, 6) is 0.0119. The first-order valence-electron chi connectivity index (χ1n) is 21.8. The molecule has 0 aliphatic carbocycles. The molecule has 8 rings (SSSR count). The van der Waals surface area contributed by atoms with Gasteiger partial charge in [0.15, 0.2) is 10.9 Å². The van der Waals surface area contributed by atoms with E-state index in [-0.39, 0.29) is 76.2 Å². The Morgan fingerprint density at radius 1 is 0.743 bits per heavy atom. The first kappa shape index (κ1) is 54.0. The van der Waals surface area contributed by atoms with Gasteiger partial charge in [-0.2, -0.15) is 40.3 Å². The number of thiazole rings is 2. The number of nitrogens with zero attached hydrogens (tertiary/aromatic N) is 8.